The summed E-state index contributed by atoms with van der Waals surface area (Å²) in [7, 11) is 0. The number of anilines is 1. The molecule has 128 valence electrons. The average molecular weight is 378 g/mol. The summed E-state index contributed by atoms with van der Waals surface area (Å²) in [6.07, 6.45) is 4.40. The number of hydrogen-bond donors (Lipinski definition) is 2. The highest BCUT2D eigenvalue weighted by Gasteiger charge is 2.17. The zero-order valence-electron chi connectivity index (χ0n) is 13.0. The van der Waals surface area contributed by atoms with Gasteiger partial charge in [-0.3, -0.25) is 0 Å². The predicted octanol–water partition coefficient (Wildman–Crippen LogP) is 3.25. The summed E-state index contributed by atoms with van der Waals surface area (Å²) < 4.78 is 1.53. The Labute approximate surface area is 153 Å². The van der Waals surface area contributed by atoms with Crippen molar-refractivity contribution in [3.63, 3.8) is 0 Å². The Kier molecular flexibility index (Phi) is 5.11. The van der Waals surface area contributed by atoms with Crippen LogP contribution in [0.3, 0.4) is 0 Å². The van der Waals surface area contributed by atoms with Crippen LogP contribution in [-0.4, -0.2) is 30.8 Å². The van der Waals surface area contributed by atoms with Crippen molar-refractivity contribution in [3.05, 3.63) is 59.0 Å². The molecule has 0 aliphatic carbocycles. The normalized spacial score (nSPS) is 11.8. The number of aromatic nitrogens is 5. The second-order valence-electron chi connectivity index (χ2n) is 5.04. The number of hydrogen-bond acceptors (Lipinski definition) is 5. The zero-order chi connectivity index (χ0) is 17.8. The average Bonchev–Trinajstić information content (AvgIpc) is 3.08. The van der Waals surface area contributed by atoms with E-state index in [-0.39, 0.29) is 0 Å². The van der Waals surface area contributed by atoms with Gasteiger partial charge >= 0.3 is 6.03 Å². The summed E-state index contributed by atoms with van der Waals surface area (Å²) in [5, 5.41) is 10.4. The van der Waals surface area contributed by atoms with Crippen LogP contribution in [0.15, 0.2) is 43.1 Å². The molecule has 3 rings (SSSR count). The van der Waals surface area contributed by atoms with E-state index in [9.17, 15) is 4.79 Å². The van der Waals surface area contributed by atoms with Gasteiger partial charge in [0.15, 0.2) is 11.6 Å². The van der Waals surface area contributed by atoms with Gasteiger partial charge in [0.1, 0.15) is 12.7 Å². The minimum atomic E-state index is -0.436. The lowest BCUT2D eigenvalue weighted by Crippen LogP contribution is -2.32. The van der Waals surface area contributed by atoms with Gasteiger partial charge in [0.05, 0.1) is 16.8 Å². The van der Waals surface area contributed by atoms with E-state index in [4.69, 9.17) is 23.2 Å². The monoisotopic (exact) mass is 377 g/mol. The van der Waals surface area contributed by atoms with E-state index in [1.165, 1.54) is 17.3 Å². The summed E-state index contributed by atoms with van der Waals surface area (Å²) >= 11 is 11.9. The molecule has 8 nitrogen and oxygen atoms in total. The molecule has 10 heteroatoms. The van der Waals surface area contributed by atoms with E-state index in [1.807, 2.05) is 0 Å². The van der Waals surface area contributed by atoms with E-state index < -0.39 is 12.1 Å². The fraction of sp³-hybridized carbons (Fsp3) is 0.133. The maximum Gasteiger partial charge on any atom is 0.319 e. The highest BCUT2D eigenvalue weighted by Crippen LogP contribution is 2.25. The minimum absolute atomic E-state index is 0.347. The number of nitrogens with zero attached hydrogens (tertiary/aromatic N) is 5. The number of rotatable bonds is 4. The quantitative estimate of drug-likeness (QED) is 0.726. The molecule has 0 spiro atoms. The van der Waals surface area contributed by atoms with Gasteiger partial charge in [-0.25, -0.2) is 19.7 Å². The molecule has 0 radical (unpaired) electrons. The van der Waals surface area contributed by atoms with Gasteiger partial charge in [0, 0.05) is 17.3 Å². The molecule has 0 aliphatic rings. The van der Waals surface area contributed by atoms with Crippen molar-refractivity contribution in [1.82, 2.24) is 30.0 Å². The number of amides is 2. The Balaban J connectivity index is 1.71. The van der Waals surface area contributed by atoms with E-state index in [1.54, 1.807) is 37.4 Å². The molecule has 1 aromatic carbocycles. The highest BCUT2D eigenvalue weighted by atomic mass is 35.5. The molecule has 2 heterocycles. The topological polar surface area (TPSA) is 97.6 Å². The lowest BCUT2D eigenvalue weighted by Gasteiger charge is -2.15. The molecule has 0 saturated heterocycles. The van der Waals surface area contributed by atoms with Crippen molar-refractivity contribution in [1.29, 1.82) is 0 Å². The van der Waals surface area contributed by atoms with E-state index in [0.717, 1.165) is 0 Å². The zero-order valence-corrected chi connectivity index (χ0v) is 14.5. The first-order valence-electron chi connectivity index (χ1n) is 7.23. The van der Waals surface area contributed by atoms with Crippen LogP contribution in [0.25, 0.3) is 5.82 Å². The molecule has 2 N–H and O–H groups in total. The predicted molar refractivity (Wildman–Crippen MR) is 94.0 cm³/mol. The van der Waals surface area contributed by atoms with Crippen molar-refractivity contribution >= 4 is 34.9 Å². The molecular weight excluding hydrogens is 365 g/mol. The van der Waals surface area contributed by atoms with E-state index in [2.05, 4.69) is 30.7 Å². The van der Waals surface area contributed by atoms with Crippen molar-refractivity contribution in [3.8, 4) is 5.82 Å². The van der Waals surface area contributed by atoms with Crippen molar-refractivity contribution in [2.75, 3.05) is 5.32 Å². The van der Waals surface area contributed by atoms with Crippen LogP contribution in [0.5, 0.6) is 0 Å². The van der Waals surface area contributed by atoms with Crippen LogP contribution < -0.4 is 10.6 Å². The Morgan fingerprint density at radius 3 is 2.76 bits per heavy atom. The van der Waals surface area contributed by atoms with E-state index in [0.29, 0.717) is 27.4 Å². The van der Waals surface area contributed by atoms with Gasteiger partial charge in [0.25, 0.3) is 0 Å². The van der Waals surface area contributed by atoms with Crippen LogP contribution in [0, 0.1) is 0 Å². The molecule has 0 fully saturated rings. The molecule has 3 aromatic rings. The van der Waals surface area contributed by atoms with Gasteiger partial charge in [-0.15, -0.1) is 0 Å². The largest absolute Gasteiger partial charge is 0.328 e. The second-order valence-corrected chi connectivity index (χ2v) is 5.89. The number of nitrogens with one attached hydrogen (secondary N) is 2. The maximum absolute atomic E-state index is 12.2. The number of halogens is 2. The van der Waals surface area contributed by atoms with Gasteiger partial charge in [0.2, 0.25) is 0 Å². The van der Waals surface area contributed by atoms with Gasteiger partial charge in [-0.2, -0.15) is 9.78 Å². The lowest BCUT2D eigenvalue weighted by molar-refractivity contribution is 0.248. The Hall–Kier alpha value is -2.71. The van der Waals surface area contributed by atoms with Crippen molar-refractivity contribution < 1.29 is 4.79 Å². The third kappa shape index (κ3) is 4.04. The first-order chi connectivity index (χ1) is 12.0. The third-order valence-corrected chi connectivity index (χ3v) is 3.82. The Bertz CT molecular complexity index is 885. The van der Waals surface area contributed by atoms with Crippen LogP contribution in [-0.2, 0) is 0 Å². The van der Waals surface area contributed by atoms with Crippen LogP contribution in [0.4, 0.5) is 10.5 Å². The summed E-state index contributed by atoms with van der Waals surface area (Å²) in [6.45, 7) is 1.78. The maximum atomic E-state index is 12.2. The van der Waals surface area contributed by atoms with Crippen LogP contribution in [0.1, 0.15) is 18.8 Å². The van der Waals surface area contributed by atoms with Crippen molar-refractivity contribution in [2.45, 2.75) is 13.0 Å². The summed E-state index contributed by atoms with van der Waals surface area (Å²) in [5.74, 6) is 1.08. The Morgan fingerprint density at radius 1 is 1.20 bits per heavy atom. The number of urea groups is 1. The number of benzene rings is 1. The molecule has 0 aliphatic heterocycles. The van der Waals surface area contributed by atoms with E-state index >= 15 is 0 Å². The molecule has 2 aromatic heterocycles. The van der Waals surface area contributed by atoms with Crippen LogP contribution >= 0.6 is 23.2 Å². The molecule has 25 heavy (non-hydrogen) atoms. The molecule has 0 saturated carbocycles. The fourth-order valence-electron chi connectivity index (χ4n) is 2.14. The van der Waals surface area contributed by atoms with Gasteiger partial charge in [-0.1, -0.05) is 23.2 Å². The third-order valence-electron chi connectivity index (χ3n) is 3.27. The Morgan fingerprint density at radius 2 is 2.04 bits per heavy atom. The molecular formula is C15H13Cl2N7O. The first kappa shape index (κ1) is 17.1. The van der Waals surface area contributed by atoms with Crippen LogP contribution in [0.2, 0.25) is 10.0 Å². The molecule has 1 atom stereocenters. The lowest BCUT2D eigenvalue weighted by atomic mass is 10.3. The fourth-order valence-corrected chi connectivity index (χ4v) is 2.60. The smallest absolute Gasteiger partial charge is 0.319 e. The number of carbonyl (C=O) groups excluding carboxylic acids is 1. The highest BCUT2D eigenvalue weighted by molar-refractivity contribution is 6.36. The SMILES string of the molecule is CC(NC(=O)Nc1ccc(Cl)cc1Cl)c1ncnn1-c1ccncn1. The molecule has 0 bridgehead atoms. The first-order valence-corrected chi connectivity index (χ1v) is 7.99. The van der Waals surface area contributed by atoms with Gasteiger partial charge in [-0.05, 0) is 25.1 Å². The molecule has 1 unspecified atom stereocenters. The minimum Gasteiger partial charge on any atom is -0.328 e. The van der Waals surface area contributed by atoms with Crippen molar-refractivity contribution in [2.24, 2.45) is 0 Å². The summed E-state index contributed by atoms with van der Waals surface area (Å²) in [4.78, 5) is 24.4. The number of carbonyl (C=O) groups is 1. The summed E-state index contributed by atoms with van der Waals surface area (Å²) in [5.41, 5.74) is 0.452. The molecule has 2 amide bonds. The summed E-state index contributed by atoms with van der Waals surface area (Å²) in [6, 6.07) is 5.64. The second kappa shape index (κ2) is 7.45. The van der Waals surface area contributed by atoms with Gasteiger partial charge < -0.3 is 10.6 Å². The standard InChI is InChI=1S/C15H13Cl2N7O/c1-9(14-20-8-21-24(14)13-4-5-18-7-19-13)22-15(25)23-12-3-2-10(16)6-11(12)17/h2-9H,1H3,(H2,22,23,25).